The smallest absolute Gasteiger partial charge is 0.0575 e. The van der Waals surface area contributed by atoms with Crippen molar-refractivity contribution in [1.29, 1.82) is 0 Å². The van der Waals surface area contributed by atoms with Crippen molar-refractivity contribution in [3.8, 4) is 0 Å². The molecule has 1 heterocycles. The molecule has 0 bridgehead atoms. The number of nitrogens with zero attached hydrogens (tertiary/aromatic N) is 2. The zero-order valence-corrected chi connectivity index (χ0v) is 13.0. The highest BCUT2D eigenvalue weighted by molar-refractivity contribution is 5.46. The first-order valence-electron chi connectivity index (χ1n) is 7.36. The number of nitrogens with one attached hydrogen (secondary N) is 1. The van der Waals surface area contributed by atoms with Crippen LogP contribution < -0.4 is 5.32 Å². The topological polar surface area (TPSA) is 29.9 Å². The fourth-order valence-electron chi connectivity index (χ4n) is 2.20. The molecule has 0 saturated carbocycles. The third-order valence-corrected chi connectivity index (χ3v) is 3.46. The van der Waals surface area contributed by atoms with Crippen molar-refractivity contribution in [1.82, 2.24) is 9.78 Å². The van der Waals surface area contributed by atoms with Crippen molar-refractivity contribution in [3.63, 3.8) is 0 Å². The van der Waals surface area contributed by atoms with Crippen LogP contribution in [-0.4, -0.2) is 9.78 Å². The van der Waals surface area contributed by atoms with Crippen LogP contribution in [0, 0.1) is 0 Å². The van der Waals surface area contributed by atoms with Crippen LogP contribution in [0.15, 0.2) is 36.5 Å². The number of aromatic nitrogens is 2. The lowest BCUT2D eigenvalue weighted by Gasteiger charge is -2.19. The summed E-state index contributed by atoms with van der Waals surface area (Å²) in [6, 6.07) is 10.8. The lowest BCUT2D eigenvalue weighted by atomic mass is 9.87. The van der Waals surface area contributed by atoms with Crippen LogP contribution in [0.5, 0.6) is 0 Å². The summed E-state index contributed by atoms with van der Waals surface area (Å²) >= 11 is 0. The van der Waals surface area contributed by atoms with E-state index < -0.39 is 0 Å². The molecule has 108 valence electrons. The Morgan fingerprint density at radius 1 is 1.10 bits per heavy atom. The predicted molar refractivity (Wildman–Crippen MR) is 85.0 cm³/mol. The van der Waals surface area contributed by atoms with Crippen molar-refractivity contribution in [2.75, 3.05) is 5.32 Å². The Morgan fingerprint density at radius 2 is 1.80 bits per heavy atom. The second-order valence-electron chi connectivity index (χ2n) is 6.23. The Hall–Kier alpha value is -1.77. The van der Waals surface area contributed by atoms with Crippen molar-refractivity contribution >= 4 is 5.69 Å². The van der Waals surface area contributed by atoms with Gasteiger partial charge in [-0.1, -0.05) is 39.8 Å². The summed E-state index contributed by atoms with van der Waals surface area (Å²) in [7, 11) is 0. The predicted octanol–water partition coefficient (Wildman–Crippen LogP) is 4.20. The number of anilines is 1. The summed E-state index contributed by atoms with van der Waals surface area (Å²) in [4.78, 5) is 0. The summed E-state index contributed by atoms with van der Waals surface area (Å²) in [5, 5.41) is 7.80. The molecule has 0 spiro atoms. The van der Waals surface area contributed by atoms with Gasteiger partial charge in [0.05, 0.1) is 12.2 Å². The Bertz CT molecular complexity index is 532. The fraction of sp³-hybridized carbons (Fsp3) is 0.471. The van der Waals surface area contributed by atoms with E-state index in [2.05, 4.69) is 73.1 Å². The maximum Gasteiger partial charge on any atom is 0.0575 e. The number of rotatable bonds is 5. The molecule has 3 nitrogen and oxygen atoms in total. The molecule has 3 heteroatoms. The molecule has 1 N–H and O–H groups in total. The van der Waals surface area contributed by atoms with Crippen molar-refractivity contribution in [2.24, 2.45) is 0 Å². The third kappa shape index (κ3) is 3.62. The highest BCUT2D eigenvalue weighted by Crippen LogP contribution is 2.23. The minimum absolute atomic E-state index is 0.207. The van der Waals surface area contributed by atoms with Crippen LogP contribution in [0.3, 0.4) is 0 Å². The Kier molecular flexibility index (Phi) is 4.48. The molecule has 0 atom stereocenters. The maximum absolute atomic E-state index is 4.34. The third-order valence-electron chi connectivity index (χ3n) is 3.46. The SMILES string of the molecule is CCCn1nccc1CNc1ccc(C(C)(C)C)cc1. The zero-order chi connectivity index (χ0) is 14.6. The molecular formula is C17H25N3. The average Bonchev–Trinajstić information content (AvgIpc) is 2.84. The van der Waals surface area contributed by atoms with E-state index in [1.165, 1.54) is 11.3 Å². The molecule has 0 aliphatic rings. The van der Waals surface area contributed by atoms with E-state index in [0.717, 1.165) is 25.2 Å². The van der Waals surface area contributed by atoms with Crippen molar-refractivity contribution in [3.05, 3.63) is 47.8 Å². The second-order valence-corrected chi connectivity index (χ2v) is 6.23. The minimum Gasteiger partial charge on any atom is -0.379 e. The molecule has 0 saturated heterocycles. The van der Waals surface area contributed by atoms with Gasteiger partial charge in [-0.15, -0.1) is 0 Å². The van der Waals surface area contributed by atoms with E-state index >= 15 is 0 Å². The van der Waals surface area contributed by atoms with E-state index in [4.69, 9.17) is 0 Å². The van der Waals surface area contributed by atoms with Gasteiger partial charge in [-0.05, 0) is 35.6 Å². The fourth-order valence-corrected chi connectivity index (χ4v) is 2.20. The van der Waals surface area contributed by atoms with E-state index in [1.54, 1.807) is 0 Å². The second kappa shape index (κ2) is 6.12. The average molecular weight is 271 g/mol. The lowest BCUT2D eigenvalue weighted by molar-refractivity contribution is 0.578. The van der Waals surface area contributed by atoms with Crippen LogP contribution in [0.4, 0.5) is 5.69 Å². The van der Waals surface area contributed by atoms with Gasteiger partial charge < -0.3 is 5.32 Å². The van der Waals surface area contributed by atoms with Gasteiger partial charge in [-0.2, -0.15) is 5.10 Å². The van der Waals surface area contributed by atoms with E-state index in [0.29, 0.717) is 0 Å². The van der Waals surface area contributed by atoms with E-state index in [9.17, 15) is 0 Å². The van der Waals surface area contributed by atoms with Crippen molar-refractivity contribution < 1.29 is 0 Å². The van der Waals surface area contributed by atoms with Crippen LogP contribution in [0.25, 0.3) is 0 Å². The van der Waals surface area contributed by atoms with Crippen LogP contribution in [0.1, 0.15) is 45.4 Å². The number of hydrogen-bond donors (Lipinski definition) is 1. The Morgan fingerprint density at radius 3 is 2.40 bits per heavy atom. The minimum atomic E-state index is 0.207. The van der Waals surface area contributed by atoms with Gasteiger partial charge in [0.2, 0.25) is 0 Å². The monoisotopic (exact) mass is 271 g/mol. The summed E-state index contributed by atoms with van der Waals surface area (Å²) in [6.45, 7) is 10.7. The highest BCUT2D eigenvalue weighted by Gasteiger charge is 2.12. The number of benzene rings is 1. The van der Waals surface area contributed by atoms with Gasteiger partial charge >= 0.3 is 0 Å². The summed E-state index contributed by atoms with van der Waals surface area (Å²) in [5.74, 6) is 0. The molecule has 0 aliphatic carbocycles. The highest BCUT2D eigenvalue weighted by atomic mass is 15.3. The molecule has 0 unspecified atom stereocenters. The van der Waals surface area contributed by atoms with Gasteiger partial charge in [0, 0.05) is 18.4 Å². The first-order valence-corrected chi connectivity index (χ1v) is 7.36. The summed E-state index contributed by atoms with van der Waals surface area (Å²) in [6.07, 6.45) is 2.98. The standard InChI is InChI=1S/C17H25N3/c1-5-12-20-16(10-11-19-20)13-18-15-8-6-14(7-9-15)17(2,3)4/h6-11,18H,5,12-13H2,1-4H3. The first kappa shape index (κ1) is 14.6. The van der Waals surface area contributed by atoms with Gasteiger partial charge in [0.25, 0.3) is 0 Å². The Balaban J connectivity index is 1.99. The zero-order valence-electron chi connectivity index (χ0n) is 13.0. The van der Waals surface area contributed by atoms with Gasteiger partial charge in [0.1, 0.15) is 0 Å². The molecule has 0 fully saturated rings. The molecule has 0 amide bonds. The first-order chi connectivity index (χ1) is 9.50. The normalized spacial score (nSPS) is 11.6. The number of aryl methyl sites for hydroxylation is 1. The quantitative estimate of drug-likeness (QED) is 0.883. The van der Waals surface area contributed by atoms with Gasteiger partial charge in [-0.25, -0.2) is 0 Å². The van der Waals surface area contributed by atoms with Crippen LogP contribution in [0.2, 0.25) is 0 Å². The number of hydrogen-bond acceptors (Lipinski definition) is 2. The molecular weight excluding hydrogens is 246 g/mol. The van der Waals surface area contributed by atoms with Gasteiger partial charge in [-0.3, -0.25) is 4.68 Å². The van der Waals surface area contributed by atoms with Gasteiger partial charge in [0.15, 0.2) is 0 Å². The van der Waals surface area contributed by atoms with E-state index in [1.807, 2.05) is 6.20 Å². The van der Waals surface area contributed by atoms with Crippen LogP contribution >= 0.6 is 0 Å². The maximum atomic E-state index is 4.34. The van der Waals surface area contributed by atoms with E-state index in [-0.39, 0.29) is 5.41 Å². The molecule has 20 heavy (non-hydrogen) atoms. The molecule has 1 aromatic carbocycles. The lowest BCUT2D eigenvalue weighted by Crippen LogP contribution is -2.11. The largest absolute Gasteiger partial charge is 0.379 e. The molecule has 0 radical (unpaired) electrons. The molecule has 2 rings (SSSR count). The van der Waals surface area contributed by atoms with Crippen molar-refractivity contribution in [2.45, 2.75) is 52.6 Å². The molecule has 1 aromatic heterocycles. The summed E-state index contributed by atoms with van der Waals surface area (Å²) < 4.78 is 2.07. The summed E-state index contributed by atoms with van der Waals surface area (Å²) in [5.41, 5.74) is 3.95. The Labute approximate surface area is 122 Å². The molecule has 2 aromatic rings. The molecule has 0 aliphatic heterocycles. The van der Waals surface area contributed by atoms with Crippen LogP contribution in [-0.2, 0) is 18.5 Å².